The van der Waals surface area contributed by atoms with Gasteiger partial charge in [-0.2, -0.15) is 0 Å². The molecule has 1 aliphatic carbocycles. The number of amides is 2. The predicted molar refractivity (Wildman–Crippen MR) is 87.0 cm³/mol. The van der Waals surface area contributed by atoms with E-state index in [0.717, 1.165) is 12.1 Å². The predicted octanol–water partition coefficient (Wildman–Crippen LogP) is 3.20. The lowest BCUT2D eigenvalue weighted by molar-refractivity contribution is -0.140. The van der Waals surface area contributed by atoms with Gasteiger partial charge in [0, 0.05) is 12.2 Å². The Morgan fingerprint density at radius 2 is 1.91 bits per heavy atom. The number of carbonyl (C=O) groups is 2. The molecule has 2 aliphatic rings. The molecule has 0 aromatic heterocycles. The molecule has 1 aliphatic heterocycles. The topological polar surface area (TPSA) is 49.4 Å². The summed E-state index contributed by atoms with van der Waals surface area (Å²) in [6.45, 7) is 2.34. The molecule has 1 aromatic rings. The van der Waals surface area contributed by atoms with E-state index < -0.39 is 15.8 Å². The first-order valence-corrected chi connectivity index (χ1v) is 8.15. The first kappa shape index (κ1) is 15.6. The van der Waals surface area contributed by atoms with E-state index in [4.69, 9.17) is 23.2 Å². The summed E-state index contributed by atoms with van der Waals surface area (Å²) in [5.41, 5.74) is -0.0420. The van der Waals surface area contributed by atoms with Crippen LogP contribution < -0.4 is 5.32 Å². The second-order valence-corrected chi connectivity index (χ2v) is 7.71. The Labute approximate surface area is 139 Å². The molecular formula is C16H18Cl2N2O2. The molecule has 0 spiro atoms. The average molecular weight is 341 g/mol. The first-order chi connectivity index (χ1) is 10.3. The van der Waals surface area contributed by atoms with Gasteiger partial charge in [-0.05, 0) is 38.3 Å². The fraction of sp³-hybridized carbons (Fsp3) is 0.500. The summed E-state index contributed by atoms with van der Waals surface area (Å²) in [5.74, 6) is -0.278. The quantitative estimate of drug-likeness (QED) is 0.859. The molecule has 118 valence electrons. The van der Waals surface area contributed by atoms with Gasteiger partial charge in [-0.3, -0.25) is 9.59 Å². The summed E-state index contributed by atoms with van der Waals surface area (Å²) in [4.78, 5) is 26.8. The van der Waals surface area contributed by atoms with Crippen molar-refractivity contribution in [2.24, 2.45) is 5.41 Å². The van der Waals surface area contributed by atoms with Crippen LogP contribution in [0.2, 0.25) is 0 Å². The monoisotopic (exact) mass is 340 g/mol. The van der Waals surface area contributed by atoms with Crippen molar-refractivity contribution in [3.63, 3.8) is 0 Å². The molecular weight excluding hydrogens is 323 g/mol. The fourth-order valence-corrected chi connectivity index (χ4v) is 3.67. The first-order valence-electron chi connectivity index (χ1n) is 7.40. The van der Waals surface area contributed by atoms with Crippen LogP contribution in [0.3, 0.4) is 0 Å². The fourth-order valence-electron chi connectivity index (χ4n) is 2.98. The number of alkyl halides is 2. The number of likely N-dealkylation sites (tertiary alicyclic amines) is 1. The third-order valence-electron chi connectivity index (χ3n) is 4.59. The number of benzene rings is 1. The molecule has 1 saturated heterocycles. The Morgan fingerprint density at radius 1 is 1.27 bits per heavy atom. The van der Waals surface area contributed by atoms with Crippen LogP contribution in [0.1, 0.15) is 26.2 Å². The summed E-state index contributed by atoms with van der Waals surface area (Å²) in [5, 5.41) is 2.86. The highest BCUT2D eigenvalue weighted by Gasteiger charge is 2.69. The SMILES string of the molecule is CC1(C(=O)N2CCCC2C(=O)Nc2ccccc2)CC1(Cl)Cl. The van der Waals surface area contributed by atoms with Crippen LogP contribution in [0.4, 0.5) is 5.69 Å². The highest BCUT2D eigenvalue weighted by Crippen LogP contribution is 2.64. The van der Waals surface area contributed by atoms with Gasteiger partial charge in [0.25, 0.3) is 0 Å². The molecule has 22 heavy (non-hydrogen) atoms. The normalized spacial score (nSPS) is 29.2. The van der Waals surface area contributed by atoms with Crippen molar-refractivity contribution in [2.75, 3.05) is 11.9 Å². The molecule has 4 nitrogen and oxygen atoms in total. The Morgan fingerprint density at radius 3 is 2.50 bits per heavy atom. The van der Waals surface area contributed by atoms with E-state index in [0.29, 0.717) is 19.4 Å². The number of nitrogens with zero attached hydrogens (tertiary/aromatic N) is 1. The van der Waals surface area contributed by atoms with Crippen molar-refractivity contribution in [3.8, 4) is 0 Å². The van der Waals surface area contributed by atoms with Crippen molar-refractivity contribution in [2.45, 2.75) is 36.6 Å². The Hall–Kier alpha value is -1.26. The maximum atomic E-state index is 12.7. The summed E-state index contributed by atoms with van der Waals surface area (Å²) >= 11 is 12.2. The molecule has 2 fully saturated rings. The van der Waals surface area contributed by atoms with Crippen LogP contribution in [-0.4, -0.2) is 33.6 Å². The molecule has 6 heteroatoms. The van der Waals surface area contributed by atoms with Gasteiger partial charge in [0.05, 0.1) is 5.41 Å². The lowest BCUT2D eigenvalue weighted by Crippen LogP contribution is -2.46. The minimum Gasteiger partial charge on any atom is -0.330 e. The number of para-hydroxylation sites is 1. The Kier molecular flexibility index (Phi) is 3.86. The third-order valence-corrected chi connectivity index (χ3v) is 5.69. The molecule has 2 amide bonds. The Balaban J connectivity index is 1.71. The van der Waals surface area contributed by atoms with E-state index in [1.165, 1.54) is 0 Å². The highest BCUT2D eigenvalue weighted by molar-refractivity contribution is 6.53. The molecule has 0 bridgehead atoms. The van der Waals surface area contributed by atoms with Gasteiger partial charge in [-0.15, -0.1) is 23.2 Å². The second kappa shape index (κ2) is 5.43. The molecule has 1 N–H and O–H groups in total. The minimum absolute atomic E-state index is 0.122. The maximum Gasteiger partial charge on any atom is 0.247 e. The number of carbonyl (C=O) groups excluding carboxylic acids is 2. The van der Waals surface area contributed by atoms with E-state index in [-0.39, 0.29) is 11.8 Å². The lowest BCUT2D eigenvalue weighted by atomic mass is 10.1. The largest absolute Gasteiger partial charge is 0.330 e. The molecule has 2 atom stereocenters. The standard InChI is InChI=1S/C16H18Cl2N2O2/c1-15(10-16(15,17)18)14(22)20-9-5-8-12(20)13(21)19-11-6-3-2-4-7-11/h2-4,6-7,12H,5,8-10H2,1H3,(H,19,21). The van der Waals surface area contributed by atoms with Crippen LogP contribution in [-0.2, 0) is 9.59 Å². The summed E-state index contributed by atoms with van der Waals surface area (Å²) < 4.78 is -1.01. The zero-order valence-corrected chi connectivity index (χ0v) is 13.8. The average Bonchev–Trinajstić information content (AvgIpc) is 2.86. The number of hydrogen-bond acceptors (Lipinski definition) is 2. The molecule has 2 unspecified atom stereocenters. The molecule has 1 saturated carbocycles. The van der Waals surface area contributed by atoms with Crippen molar-refractivity contribution < 1.29 is 9.59 Å². The second-order valence-electron chi connectivity index (χ2n) is 6.23. The minimum atomic E-state index is -1.01. The van der Waals surface area contributed by atoms with Gasteiger partial charge >= 0.3 is 0 Å². The van der Waals surface area contributed by atoms with Crippen molar-refractivity contribution in [1.29, 1.82) is 0 Å². The number of hydrogen-bond donors (Lipinski definition) is 1. The lowest BCUT2D eigenvalue weighted by Gasteiger charge is -2.27. The number of nitrogens with one attached hydrogen (secondary N) is 1. The summed E-state index contributed by atoms with van der Waals surface area (Å²) in [6.07, 6.45) is 1.91. The maximum absolute atomic E-state index is 12.7. The van der Waals surface area contributed by atoms with Crippen molar-refractivity contribution in [1.82, 2.24) is 4.90 Å². The Bertz CT molecular complexity index is 605. The van der Waals surface area contributed by atoms with Crippen LogP contribution in [0.25, 0.3) is 0 Å². The van der Waals surface area contributed by atoms with E-state index in [1.807, 2.05) is 30.3 Å². The zero-order valence-electron chi connectivity index (χ0n) is 12.3. The van der Waals surface area contributed by atoms with Gasteiger partial charge in [0.15, 0.2) is 0 Å². The molecule has 1 heterocycles. The van der Waals surface area contributed by atoms with Crippen LogP contribution in [0, 0.1) is 5.41 Å². The van der Waals surface area contributed by atoms with Crippen molar-refractivity contribution >= 4 is 40.7 Å². The van der Waals surface area contributed by atoms with Crippen molar-refractivity contribution in [3.05, 3.63) is 30.3 Å². The highest BCUT2D eigenvalue weighted by atomic mass is 35.5. The van der Waals surface area contributed by atoms with Crippen LogP contribution in [0.15, 0.2) is 30.3 Å². The summed E-state index contributed by atoms with van der Waals surface area (Å²) in [6, 6.07) is 8.79. The van der Waals surface area contributed by atoms with Crippen LogP contribution in [0.5, 0.6) is 0 Å². The van der Waals surface area contributed by atoms with E-state index in [1.54, 1.807) is 11.8 Å². The summed E-state index contributed by atoms with van der Waals surface area (Å²) in [7, 11) is 0. The zero-order chi connectivity index (χ0) is 16.0. The van der Waals surface area contributed by atoms with Gasteiger partial charge in [0.2, 0.25) is 11.8 Å². The smallest absolute Gasteiger partial charge is 0.247 e. The third kappa shape index (κ3) is 2.59. The number of anilines is 1. The molecule has 1 aromatic carbocycles. The van der Waals surface area contributed by atoms with Gasteiger partial charge in [-0.1, -0.05) is 18.2 Å². The molecule has 3 rings (SSSR count). The van der Waals surface area contributed by atoms with Gasteiger partial charge in [-0.25, -0.2) is 0 Å². The number of rotatable bonds is 3. The van der Waals surface area contributed by atoms with E-state index in [9.17, 15) is 9.59 Å². The van der Waals surface area contributed by atoms with E-state index >= 15 is 0 Å². The van der Waals surface area contributed by atoms with Gasteiger partial charge in [0.1, 0.15) is 10.4 Å². The van der Waals surface area contributed by atoms with E-state index in [2.05, 4.69) is 5.32 Å². The number of halogens is 2. The van der Waals surface area contributed by atoms with Gasteiger partial charge < -0.3 is 10.2 Å². The van der Waals surface area contributed by atoms with Crippen LogP contribution >= 0.6 is 23.2 Å². The molecule has 0 radical (unpaired) electrons.